The molecule has 20 heavy (non-hydrogen) atoms. The molecule has 2 aliphatic heterocycles. The molecular formula is C17H34N2O. The first-order valence-corrected chi connectivity index (χ1v) is 8.60. The van der Waals surface area contributed by atoms with E-state index in [-0.39, 0.29) is 0 Å². The van der Waals surface area contributed by atoms with Crippen LogP contribution in [0.5, 0.6) is 0 Å². The summed E-state index contributed by atoms with van der Waals surface area (Å²) in [6, 6.07) is 0.622. The summed E-state index contributed by atoms with van der Waals surface area (Å²) in [5, 5.41) is 0. The summed E-state index contributed by atoms with van der Waals surface area (Å²) in [5.74, 6) is 1.54. The highest BCUT2D eigenvalue weighted by Gasteiger charge is 2.30. The van der Waals surface area contributed by atoms with Crippen molar-refractivity contribution in [1.82, 2.24) is 9.80 Å². The van der Waals surface area contributed by atoms with Crippen LogP contribution < -0.4 is 0 Å². The summed E-state index contributed by atoms with van der Waals surface area (Å²) >= 11 is 0. The SMILES string of the molecule is CC.CC1CCN(C(=O)C2CCN(C(C)C)CC2)CC1. The molecule has 0 N–H and O–H groups in total. The molecular weight excluding hydrogens is 248 g/mol. The highest BCUT2D eigenvalue weighted by molar-refractivity contribution is 5.79. The van der Waals surface area contributed by atoms with Gasteiger partial charge in [-0.05, 0) is 58.5 Å². The molecule has 0 aromatic heterocycles. The quantitative estimate of drug-likeness (QED) is 0.775. The van der Waals surface area contributed by atoms with Crippen molar-refractivity contribution >= 4 is 5.91 Å². The van der Waals surface area contributed by atoms with Crippen LogP contribution in [0.2, 0.25) is 0 Å². The normalized spacial score (nSPS) is 22.6. The van der Waals surface area contributed by atoms with Crippen molar-refractivity contribution in [1.29, 1.82) is 0 Å². The average molecular weight is 282 g/mol. The standard InChI is InChI=1S/C15H28N2O.C2H6/c1-12(2)16-10-6-14(7-11-16)15(18)17-8-4-13(3)5-9-17;1-2/h12-14H,4-11H2,1-3H3;1-2H3. The van der Waals surface area contributed by atoms with E-state index in [1.54, 1.807) is 0 Å². The molecule has 0 aromatic rings. The molecule has 2 heterocycles. The largest absolute Gasteiger partial charge is 0.342 e. The molecule has 0 saturated carbocycles. The van der Waals surface area contributed by atoms with Gasteiger partial charge in [-0.15, -0.1) is 0 Å². The first-order chi connectivity index (χ1) is 9.58. The fourth-order valence-corrected chi connectivity index (χ4v) is 3.15. The Morgan fingerprint density at radius 1 is 0.950 bits per heavy atom. The van der Waals surface area contributed by atoms with Crippen LogP contribution in [0.25, 0.3) is 0 Å². The molecule has 0 atom stereocenters. The van der Waals surface area contributed by atoms with E-state index in [1.165, 1.54) is 12.8 Å². The van der Waals surface area contributed by atoms with E-state index in [1.807, 2.05) is 13.8 Å². The van der Waals surface area contributed by atoms with Crippen molar-refractivity contribution in [3.63, 3.8) is 0 Å². The molecule has 3 heteroatoms. The van der Waals surface area contributed by atoms with Crippen LogP contribution in [-0.2, 0) is 4.79 Å². The van der Waals surface area contributed by atoms with Gasteiger partial charge in [0.15, 0.2) is 0 Å². The lowest BCUT2D eigenvalue weighted by atomic mass is 9.92. The second-order valence-electron chi connectivity index (χ2n) is 6.41. The Bertz CT molecular complexity index is 275. The Kier molecular flexibility index (Phi) is 7.57. The average Bonchev–Trinajstić information content (AvgIpc) is 2.49. The van der Waals surface area contributed by atoms with Crippen molar-refractivity contribution in [2.75, 3.05) is 26.2 Å². The third kappa shape index (κ3) is 4.76. The molecule has 0 aromatic carbocycles. The number of carbonyl (C=O) groups excluding carboxylic acids is 1. The first kappa shape index (κ1) is 17.5. The van der Waals surface area contributed by atoms with Gasteiger partial charge in [-0.2, -0.15) is 0 Å². The van der Waals surface area contributed by atoms with Gasteiger partial charge < -0.3 is 9.80 Å². The maximum atomic E-state index is 12.4. The molecule has 2 aliphatic rings. The lowest BCUT2D eigenvalue weighted by molar-refractivity contribution is -0.138. The molecule has 2 saturated heterocycles. The molecule has 2 rings (SSSR count). The third-order valence-electron chi connectivity index (χ3n) is 4.70. The van der Waals surface area contributed by atoms with E-state index in [0.29, 0.717) is 17.9 Å². The number of carbonyl (C=O) groups is 1. The van der Waals surface area contributed by atoms with Gasteiger partial charge in [-0.25, -0.2) is 0 Å². The van der Waals surface area contributed by atoms with E-state index in [0.717, 1.165) is 44.9 Å². The summed E-state index contributed by atoms with van der Waals surface area (Å²) < 4.78 is 0. The minimum absolute atomic E-state index is 0.299. The molecule has 2 fully saturated rings. The highest BCUT2D eigenvalue weighted by atomic mass is 16.2. The summed E-state index contributed by atoms with van der Waals surface area (Å²) in [5.41, 5.74) is 0. The topological polar surface area (TPSA) is 23.6 Å². The zero-order chi connectivity index (χ0) is 15.1. The van der Waals surface area contributed by atoms with E-state index in [2.05, 4.69) is 30.6 Å². The van der Waals surface area contributed by atoms with E-state index >= 15 is 0 Å². The van der Waals surface area contributed by atoms with Crippen LogP contribution in [0.15, 0.2) is 0 Å². The van der Waals surface area contributed by atoms with Crippen LogP contribution >= 0.6 is 0 Å². The van der Waals surface area contributed by atoms with Gasteiger partial charge in [0.25, 0.3) is 0 Å². The van der Waals surface area contributed by atoms with Gasteiger partial charge in [0.1, 0.15) is 0 Å². The molecule has 0 unspecified atom stereocenters. The number of nitrogens with zero attached hydrogens (tertiary/aromatic N) is 2. The molecule has 1 amide bonds. The minimum atomic E-state index is 0.299. The monoisotopic (exact) mass is 282 g/mol. The molecule has 118 valence electrons. The van der Waals surface area contributed by atoms with Crippen molar-refractivity contribution in [2.45, 2.75) is 66.3 Å². The number of rotatable bonds is 2. The van der Waals surface area contributed by atoms with Gasteiger partial charge in [-0.1, -0.05) is 20.8 Å². The smallest absolute Gasteiger partial charge is 0.225 e. The Morgan fingerprint density at radius 2 is 1.45 bits per heavy atom. The lowest BCUT2D eigenvalue weighted by Crippen LogP contribution is -2.46. The van der Waals surface area contributed by atoms with Crippen LogP contribution in [0.3, 0.4) is 0 Å². The van der Waals surface area contributed by atoms with Crippen LogP contribution in [0, 0.1) is 11.8 Å². The fourth-order valence-electron chi connectivity index (χ4n) is 3.15. The molecule has 0 aliphatic carbocycles. The molecule has 0 bridgehead atoms. The van der Waals surface area contributed by atoms with Gasteiger partial charge in [0, 0.05) is 25.0 Å². The van der Waals surface area contributed by atoms with Gasteiger partial charge in [0.05, 0.1) is 0 Å². The van der Waals surface area contributed by atoms with Crippen LogP contribution in [0.4, 0.5) is 0 Å². The lowest BCUT2D eigenvalue weighted by Gasteiger charge is -2.38. The second kappa shape index (κ2) is 8.66. The maximum Gasteiger partial charge on any atom is 0.225 e. The second-order valence-corrected chi connectivity index (χ2v) is 6.41. The van der Waals surface area contributed by atoms with Gasteiger partial charge in [0.2, 0.25) is 5.91 Å². The Labute approximate surface area is 125 Å². The van der Waals surface area contributed by atoms with E-state index in [9.17, 15) is 4.79 Å². The van der Waals surface area contributed by atoms with Crippen molar-refractivity contribution in [3.05, 3.63) is 0 Å². The zero-order valence-corrected chi connectivity index (χ0v) is 14.2. The van der Waals surface area contributed by atoms with Gasteiger partial charge >= 0.3 is 0 Å². The number of likely N-dealkylation sites (tertiary alicyclic amines) is 2. The molecule has 3 nitrogen and oxygen atoms in total. The van der Waals surface area contributed by atoms with Gasteiger partial charge in [-0.3, -0.25) is 4.79 Å². The number of hydrogen-bond acceptors (Lipinski definition) is 2. The van der Waals surface area contributed by atoms with Crippen molar-refractivity contribution in [3.8, 4) is 0 Å². The first-order valence-electron chi connectivity index (χ1n) is 8.60. The van der Waals surface area contributed by atoms with Crippen LogP contribution in [-0.4, -0.2) is 47.9 Å². The number of hydrogen-bond donors (Lipinski definition) is 0. The maximum absolute atomic E-state index is 12.4. The summed E-state index contributed by atoms with van der Waals surface area (Å²) in [6.07, 6.45) is 4.50. The van der Waals surface area contributed by atoms with Crippen molar-refractivity contribution < 1.29 is 4.79 Å². The molecule has 0 radical (unpaired) electrons. The fraction of sp³-hybridized carbons (Fsp3) is 0.941. The summed E-state index contributed by atoms with van der Waals surface area (Å²) in [6.45, 7) is 15.0. The highest BCUT2D eigenvalue weighted by Crippen LogP contribution is 2.24. The minimum Gasteiger partial charge on any atom is -0.342 e. The predicted molar refractivity (Wildman–Crippen MR) is 85.8 cm³/mol. The molecule has 0 spiro atoms. The number of piperidine rings is 2. The van der Waals surface area contributed by atoms with E-state index in [4.69, 9.17) is 0 Å². The Morgan fingerprint density at radius 3 is 1.90 bits per heavy atom. The van der Waals surface area contributed by atoms with Crippen LogP contribution in [0.1, 0.15) is 60.3 Å². The summed E-state index contributed by atoms with van der Waals surface area (Å²) in [4.78, 5) is 17.1. The summed E-state index contributed by atoms with van der Waals surface area (Å²) in [7, 11) is 0. The zero-order valence-electron chi connectivity index (χ0n) is 14.2. The third-order valence-corrected chi connectivity index (χ3v) is 4.70. The Hall–Kier alpha value is -0.570. The van der Waals surface area contributed by atoms with E-state index < -0.39 is 0 Å². The Balaban J connectivity index is 0.000000956. The van der Waals surface area contributed by atoms with Crippen molar-refractivity contribution in [2.24, 2.45) is 11.8 Å². The number of amides is 1. The predicted octanol–water partition coefficient (Wildman–Crippen LogP) is 3.39.